The van der Waals surface area contributed by atoms with E-state index in [1.54, 1.807) is 0 Å². The first-order valence-corrected chi connectivity index (χ1v) is 8.10. The number of hydrogen-bond acceptors (Lipinski definition) is 4. The van der Waals surface area contributed by atoms with E-state index in [4.69, 9.17) is 9.47 Å². The fourth-order valence-electron chi connectivity index (χ4n) is 2.50. The summed E-state index contributed by atoms with van der Waals surface area (Å²) < 4.78 is 37.2. The third-order valence-electron chi connectivity index (χ3n) is 3.79. The van der Waals surface area contributed by atoms with E-state index in [1.807, 2.05) is 32.0 Å². The van der Waals surface area contributed by atoms with Crippen molar-refractivity contribution in [2.75, 3.05) is 26.4 Å². The van der Waals surface area contributed by atoms with Crippen molar-refractivity contribution in [2.24, 2.45) is 0 Å². The minimum absolute atomic E-state index is 0.229. The van der Waals surface area contributed by atoms with Crippen molar-refractivity contribution in [1.29, 1.82) is 0 Å². The van der Waals surface area contributed by atoms with Gasteiger partial charge >= 0.3 is 0 Å². The van der Waals surface area contributed by atoms with Gasteiger partial charge in [0.15, 0.2) is 0 Å². The second-order valence-corrected chi connectivity index (χ2v) is 5.87. The molecule has 0 saturated carbocycles. The van der Waals surface area contributed by atoms with Crippen LogP contribution in [-0.2, 0) is 16.1 Å². The van der Waals surface area contributed by atoms with Gasteiger partial charge in [-0.25, -0.2) is 8.78 Å². The van der Waals surface area contributed by atoms with Crippen LogP contribution in [0, 0.1) is 6.92 Å². The highest BCUT2D eigenvalue weighted by Gasteiger charge is 2.42. The first-order valence-electron chi connectivity index (χ1n) is 8.10. The third kappa shape index (κ3) is 5.42. The lowest BCUT2D eigenvalue weighted by atomic mass is 10.1. The van der Waals surface area contributed by atoms with Crippen molar-refractivity contribution < 1.29 is 23.0 Å². The molecule has 134 valence electrons. The number of aryl methyl sites for hydroxylation is 1. The lowest BCUT2D eigenvalue weighted by Gasteiger charge is -2.15. The summed E-state index contributed by atoms with van der Waals surface area (Å²) in [5.41, 5.74) is 1.84. The lowest BCUT2D eigenvalue weighted by molar-refractivity contribution is -0.123. The molecule has 2 rings (SSSR count). The van der Waals surface area contributed by atoms with Gasteiger partial charge in [-0.1, -0.05) is 12.1 Å². The smallest absolute Gasteiger partial charge is 0.262 e. The predicted octanol–water partition coefficient (Wildman–Crippen LogP) is 2.02. The molecule has 1 aliphatic rings. The maximum atomic E-state index is 13.2. The van der Waals surface area contributed by atoms with E-state index in [1.165, 1.54) is 0 Å². The molecule has 1 fully saturated rings. The van der Waals surface area contributed by atoms with Crippen LogP contribution in [0.1, 0.15) is 24.5 Å². The molecule has 1 aromatic rings. The number of amides is 1. The van der Waals surface area contributed by atoms with Crippen molar-refractivity contribution in [3.05, 3.63) is 29.3 Å². The summed E-state index contributed by atoms with van der Waals surface area (Å²) in [6.45, 7) is 5.15. The molecule has 0 bridgehead atoms. The zero-order chi connectivity index (χ0) is 17.6. The van der Waals surface area contributed by atoms with E-state index in [0.29, 0.717) is 25.6 Å². The van der Waals surface area contributed by atoms with Crippen LogP contribution in [-0.4, -0.2) is 44.2 Å². The van der Waals surface area contributed by atoms with E-state index >= 15 is 0 Å². The molecule has 1 atom stereocenters. The quantitative estimate of drug-likeness (QED) is 0.710. The molecular weight excluding hydrogens is 318 g/mol. The molecule has 1 amide bonds. The van der Waals surface area contributed by atoms with Crippen molar-refractivity contribution in [2.45, 2.75) is 38.8 Å². The fourth-order valence-corrected chi connectivity index (χ4v) is 2.50. The van der Waals surface area contributed by atoms with Crippen molar-refractivity contribution in [3.8, 4) is 5.75 Å². The molecule has 0 aliphatic carbocycles. The summed E-state index contributed by atoms with van der Waals surface area (Å²) in [7, 11) is 0. The average molecular weight is 342 g/mol. The van der Waals surface area contributed by atoms with Crippen molar-refractivity contribution in [3.63, 3.8) is 0 Å². The Balaban J connectivity index is 1.90. The summed E-state index contributed by atoms with van der Waals surface area (Å²) in [6, 6.07) is 4.81. The van der Waals surface area contributed by atoms with Gasteiger partial charge in [-0.3, -0.25) is 10.1 Å². The summed E-state index contributed by atoms with van der Waals surface area (Å²) in [4.78, 5) is 12.0. The van der Waals surface area contributed by atoms with Crippen molar-refractivity contribution >= 4 is 5.91 Å². The van der Waals surface area contributed by atoms with Crippen LogP contribution >= 0.6 is 0 Å². The van der Waals surface area contributed by atoms with Gasteiger partial charge in [0.1, 0.15) is 12.4 Å². The Labute approximate surface area is 140 Å². The number of carbonyl (C=O) groups is 1. The maximum absolute atomic E-state index is 13.2. The van der Waals surface area contributed by atoms with Gasteiger partial charge < -0.3 is 14.8 Å². The number of alkyl halides is 2. The number of rotatable bonds is 8. The molecule has 2 N–H and O–H groups in total. The van der Waals surface area contributed by atoms with Crippen molar-refractivity contribution in [1.82, 2.24) is 10.6 Å². The van der Waals surface area contributed by atoms with Crippen LogP contribution in [0.5, 0.6) is 5.75 Å². The standard InChI is InChI=1S/C17H24F2N2O3/c1-3-23-6-7-24-15-8-12(2)4-5-13(15)10-20-16(22)14-9-17(18,19)11-21-14/h4-5,8,14,21H,3,6-7,9-11H2,1-2H3,(H,20,22). The van der Waals surface area contributed by atoms with Crippen LogP contribution in [0.3, 0.4) is 0 Å². The largest absolute Gasteiger partial charge is 0.491 e. The van der Waals surface area contributed by atoms with Gasteiger partial charge in [0, 0.05) is 25.1 Å². The van der Waals surface area contributed by atoms with E-state index in [0.717, 1.165) is 11.1 Å². The van der Waals surface area contributed by atoms with E-state index in [2.05, 4.69) is 10.6 Å². The Hall–Kier alpha value is -1.73. The van der Waals surface area contributed by atoms with Crippen LogP contribution in [0.25, 0.3) is 0 Å². The molecular formula is C17H24F2N2O3. The molecule has 1 saturated heterocycles. The van der Waals surface area contributed by atoms with Crippen LogP contribution in [0.4, 0.5) is 8.78 Å². The predicted molar refractivity (Wildman–Crippen MR) is 86.4 cm³/mol. The molecule has 24 heavy (non-hydrogen) atoms. The van der Waals surface area contributed by atoms with E-state index in [-0.39, 0.29) is 6.54 Å². The second kappa shape index (κ2) is 8.39. The number of hydrogen-bond donors (Lipinski definition) is 2. The van der Waals surface area contributed by atoms with Crippen LogP contribution < -0.4 is 15.4 Å². The summed E-state index contributed by atoms with van der Waals surface area (Å²) in [6.07, 6.45) is -0.468. The lowest BCUT2D eigenvalue weighted by Crippen LogP contribution is -2.40. The van der Waals surface area contributed by atoms with E-state index < -0.39 is 30.8 Å². The second-order valence-electron chi connectivity index (χ2n) is 5.87. The van der Waals surface area contributed by atoms with Gasteiger partial charge in [0.2, 0.25) is 5.91 Å². The Bertz CT molecular complexity index is 567. The minimum Gasteiger partial charge on any atom is -0.491 e. The molecule has 5 nitrogen and oxygen atoms in total. The summed E-state index contributed by atoms with van der Waals surface area (Å²) >= 11 is 0. The zero-order valence-electron chi connectivity index (χ0n) is 14.0. The Morgan fingerprint density at radius 2 is 2.21 bits per heavy atom. The third-order valence-corrected chi connectivity index (χ3v) is 3.79. The number of benzene rings is 1. The number of ether oxygens (including phenoxy) is 2. The first-order chi connectivity index (χ1) is 11.4. The van der Waals surface area contributed by atoms with Gasteiger partial charge in [-0.2, -0.15) is 0 Å². The molecule has 1 aromatic carbocycles. The Morgan fingerprint density at radius 3 is 2.88 bits per heavy atom. The summed E-state index contributed by atoms with van der Waals surface area (Å²) in [5.74, 6) is -2.58. The van der Waals surface area contributed by atoms with Crippen LogP contribution in [0.2, 0.25) is 0 Å². The first kappa shape index (κ1) is 18.6. The molecule has 1 unspecified atom stereocenters. The van der Waals surface area contributed by atoms with Gasteiger partial charge in [0.05, 0.1) is 19.2 Å². The molecule has 7 heteroatoms. The monoisotopic (exact) mass is 342 g/mol. The highest BCUT2D eigenvalue weighted by atomic mass is 19.3. The van der Waals surface area contributed by atoms with Gasteiger partial charge in [0.25, 0.3) is 5.92 Å². The van der Waals surface area contributed by atoms with Gasteiger partial charge in [-0.15, -0.1) is 0 Å². The molecule has 0 radical (unpaired) electrons. The normalized spacial score (nSPS) is 19.2. The minimum atomic E-state index is -2.82. The number of carbonyl (C=O) groups excluding carboxylic acids is 1. The van der Waals surface area contributed by atoms with Gasteiger partial charge in [-0.05, 0) is 25.5 Å². The average Bonchev–Trinajstić information content (AvgIpc) is 2.90. The van der Waals surface area contributed by atoms with Crippen LogP contribution in [0.15, 0.2) is 18.2 Å². The topological polar surface area (TPSA) is 59.6 Å². The zero-order valence-corrected chi connectivity index (χ0v) is 14.0. The fraction of sp³-hybridized carbons (Fsp3) is 0.588. The maximum Gasteiger partial charge on any atom is 0.262 e. The highest BCUT2D eigenvalue weighted by molar-refractivity contribution is 5.82. The van der Waals surface area contributed by atoms with E-state index in [9.17, 15) is 13.6 Å². The molecule has 0 aromatic heterocycles. The SMILES string of the molecule is CCOCCOc1cc(C)ccc1CNC(=O)C1CC(F)(F)CN1. The molecule has 0 spiro atoms. The molecule has 1 aliphatic heterocycles. The number of halogens is 2. The summed E-state index contributed by atoms with van der Waals surface area (Å²) in [5, 5.41) is 5.24. The highest BCUT2D eigenvalue weighted by Crippen LogP contribution is 2.25. The Kier molecular flexibility index (Phi) is 6.51. The Morgan fingerprint density at radius 1 is 1.42 bits per heavy atom. The number of nitrogens with one attached hydrogen (secondary N) is 2. The molecule has 1 heterocycles.